The molecule has 0 amide bonds. The standard InChI is InChI=1S/C8H9N3O.H2/c1-2-11-5-10-7-6(12)3-4-9-8(7)11;/h3-5H,2H2,1H3,(H,9,12);1H. The lowest BCUT2D eigenvalue weighted by atomic mass is 10.4. The molecule has 0 aromatic carbocycles. The maximum atomic E-state index is 11.2. The van der Waals surface area contributed by atoms with E-state index >= 15 is 0 Å². The summed E-state index contributed by atoms with van der Waals surface area (Å²) in [5.74, 6) is 0. The predicted molar refractivity (Wildman–Crippen MR) is 48.1 cm³/mol. The number of rotatable bonds is 1. The van der Waals surface area contributed by atoms with Gasteiger partial charge in [-0.2, -0.15) is 0 Å². The first kappa shape index (κ1) is 7.09. The quantitative estimate of drug-likeness (QED) is 0.685. The molecule has 0 saturated heterocycles. The third kappa shape index (κ3) is 0.845. The summed E-state index contributed by atoms with van der Waals surface area (Å²) in [7, 11) is 0. The maximum absolute atomic E-state index is 11.2. The van der Waals surface area contributed by atoms with Crippen LogP contribution in [0.5, 0.6) is 0 Å². The van der Waals surface area contributed by atoms with Gasteiger partial charge in [-0.15, -0.1) is 0 Å². The van der Waals surface area contributed by atoms with Crippen LogP contribution in [0.2, 0.25) is 0 Å². The largest absolute Gasteiger partial charge is 0.346 e. The van der Waals surface area contributed by atoms with E-state index in [1.807, 2.05) is 11.5 Å². The van der Waals surface area contributed by atoms with Crippen molar-refractivity contribution in [1.29, 1.82) is 0 Å². The second-order valence-electron chi connectivity index (χ2n) is 2.57. The number of aromatic nitrogens is 3. The summed E-state index contributed by atoms with van der Waals surface area (Å²) in [5, 5.41) is 0. The van der Waals surface area contributed by atoms with Gasteiger partial charge in [0.05, 0.1) is 6.33 Å². The normalized spacial score (nSPS) is 10.8. The number of aromatic amines is 1. The molecule has 0 saturated carbocycles. The van der Waals surface area contributed by atoms with Crippen molar-refractivity contribution in [3.05, 3.63) is 28.8 Å². The molecule has 4 heteroatoms. The van der Waals surface area contributed by atoms with E-state index in [4.69, 9.17) is 0 Å². The Morgan fingerprint density at radius 3 is 3.33 bits per heavy atom. The minimum absolute atomic E-state index is 0. The second-order valence-corrected chi connectivity index (χ2v) is 2.57. The minimum Gasteiger partial charge on any atom is -0.346 e. The van der Waals surface area contributed by atoms with Crippen LogP contribution in [0.4, 0.5) is 0 Å². The Kier molecular flexibility index (Phi) is 1.46. The fourth-order valence-corrected chi connectivity index (χ4v) is 1.23. The van der Waals surface area contributed by atoms with Crippen LogP contribution in [0.15, 0.2) is 23.4 Å². The van der Waals surface area contributed by atoms with Crippen molar-refractivity contribution in [3.8, 4) is 0 Å². The molecule has 0 unspecified atom stereocenters. The number of imidazole rings is 1. The molecular weight excluding hydrogens is 154 g/mol. The Bertz CT molecular complexity index is 460. The van der Waals surface area contributed by atoms with Crippen molar-refractivity contribution in [1.82, 2.24) is 14.5 Å². The molecule has 64 valence electrons. The summed E-state index contributed by atoms with van der Waals surface area (Å²) < 4.78 is 1.90. The average molecular weight is 165 g/mol. The molecule has 0 aliphatic heterocycles. The number of nitrogens with zero attached hydrogens (tertiary/aromatic N) is 2. The monoisotopic (exact) mass is 165 g/mol. The van der Waals surface area contributed by atoms with Gasteiger partial charge in [0, 0.05) is 20.2 Å². The van der Waals surface area contributed by atoms with Gasteiger partial charge in [-0.25, -0.2) is 4.98 Å². The van der Waals surface area contributed by atoms with E-state index in [0.717, 1.165) is 12.2 Å². The van der Waals surface area contributed by atoms with Gasteiger partial charge in [0.15, 0.2) is 5.52 Å². The van der Waals surface area contributed by atoms with E-state index in [1.54, 1.807) is 12.5 Å². The van der Waals surface area contributed by atoms with Crippen LogP contribution in [-0.4, -0.2) is 14.5 Å². The number of fused-ring (bicyclic) bond motifs is 1. The summed E-state index contributed by atoms with van der Waals surface area (Å²) in [6.45, 7) is 2.82. The molecule has 2 aromatic rings. The SMILES string of the molecule is CCn1cnc2c(=O)cc[nH]c21.[HH]. The van der Waals surface area contributed by atoms with Crippen molar-refractivity contribution in [2.75, 3.05) is 0 Å². The lowest BCUT2D eigenvalue weighted by Gasteiger charge is -1.96. The maximum Gasteiger partial charge on any atom is 0.209 e. The van der Waals surface area contributed by atoms with Crippen LogP contribution in [0.1, 0.15) is 8.35 Å². The highest BCUT2D eigenvalue weighted by molar-refractivity contribution is 5.69. The van der Waals surface area contributed by atoms with E-state index in [0.29, 0.717) is 5.52 Å². The van der Waals surface area contributed by atoms with Crippen molar-refractivity contribution in [2.45, 2.75) is 13.5 Å². The molecule has 1 N–H and O–H groups in total. The smallest absolute Gasteiger partial charge is 0.209 e. The molecule has 0 fully saturated rings. The van der Waals surface area contributed by atoms with E-state index in [9.17, 15) is 4.79 Å². The van der Waals surface area contributed by atoms with Gasteiger partial charge in [0.1, 0.15) is 5.65 Å². The highest BCUT2D eigenvalue weighted by Gasteiger charge is 2.02. The number of pyridine rings is 1. The molecule has 2 aromatic heterocycles. The van der Waals surface area contributed by atoms with Crippen molar-refractivity contribution in [2.24, 2.45) is 0 Å². The van der Waals surface area contributed by atoms with Crippen LogP contribution >= 0.6 is 0 Å². The highest BCUT2D eigenvalue weighted by atomic mass is 16.1. The van der Waals surface area contributed by atoms with Gasteiger partial charge in [-0.05, 0) is 6.92 Å². The zero-order chi connectivity index (χ0) is 8.55. The molecule has 2 heterocycles. The van der Waals surface area contributed by atoms with Gasteiger partial charge < -0.3 is 9.55 Å². The summed E-state index contributed by atoms with van der Waals surface area (Å²) in [6, 6.07) is 1.48. The van der Waals surface area contributed by atoms with Gasteiger partial charge in [0.25, 0.3) is 0 Å². The molecular formula is C8H11N3O. The zero-order valence-corrected chi connectivity index (χ0v) is 6.74. The molecule has 0 bridgehead atoms. The summed E-state index contributed by atoms with van der Waals surface area (Å²) in [6.07, 6.45) is 3.31. The number of hydrogen-bond donors (Lipinski definition) is 1. The van der Waals surface area contributed by atoms with E-state index in [1.165, 1.54) is 6.07 Å². The first-order valence-electron chi connectivity index (χ1n) is 3.85. The van der Waals surface area contributed by atoms with E-state index in [-0.39, 0.29) is 6.86 Å². The average Bonchev–Trinajstić information content (AvgIpc) is 2.49. The fraction of sp³-hybridized carbons (Fsp3) is 0.250. The molecule has 2 rings (SSSR count). The molecule has 0 aliphatic rings. The van der Waals surface area contributed by atoms with Crippen molar-refractivity contribution in [3.63, 3.8) is 0 Å². The second kappa shape index (κ2) is 2.48. The van der Waals surface area contributed by atoms with Crippen LogP contribution in [0.25, 0.3) is 11.2 Å². The van der Waals surface area contributed by atoms with Gasteiger partial charge in [0.2, 0.25) is 5.43 Å². The van der Waals surface area contributed by atoms with Gasteiger partial charge >= 0.3 is 0 Å². The summed E-state index contributed by atoms with van der Waals surface area (Å²) in [4.78, 5) is 18.2. The number of aryl methyl sites for hydroxylation is 1. The molecule has 4 nitrogen and oxygen atoms in total. The molecule has 12 heavy (non-hydrogen) atoms. The van der Waals surface area contributed by atoms with Gasteiger partial charge in [-0.1, -0.05) is 0 Å². The van der Waals surface area contributed by atoms with Crippen molar-refractivity contribution >= 4 is 11.2 Å². The Morgan fingerprint density at radius 2 is 2.58 bits per heavy atom. The summed E-state index contributed by atoms with van der Waals surface area (Å²) >= 11 is 0. The Labute approximate surface area is 70.3 Å². The molecule has 0 spiro atoms. The molecule has 0 aliphatic carbocycles. The summed E-state index contributed by atoms with van der Waals surface area (Å²) in [5.41, 5.74) is 1.28. The Hall–Kier alpha value is -1.58. The number of nitrogens with one attached hydrogen (secondary N) is 1. The van der Waals surface area contributed by atoms with Crippen LogP contribution in [0.3, 0.4) is 0 Å². The fourth-order valence-electron chi connectivity index (χ4n) is 1.23. The Balaban J connectivity index is 0.000000845. The Morgan fingerprint density at radius 1 is 1.75 bits per heavy atom. The predicted octanol–water partition coefficient (Wildman–Crippen LogP) is 0.990. The lowest BCUT2D eigenvalue weighted by Crippen LogP contribution is -2.01. The van der Waals surface area contributed by atoms with E-state index in [2.05, 4.69) is 9.97 Å². The number of hydrogen-bond acceptors (Lipinski definition) is 2. The minimum atomic E-state index is -0.0315. The van der Waals surface area contributed by atoms with Crippen LogP contribution in [-0.2, 0) is 6.54 Å². The number of H-pyrrole nitrogens is 1. The van der Waals surface area contributed by atoms with Crippen molar-refractivity contribution < 1.29 is 1.43 Å². The highest BCUT2D eigenvalue weighted by Crippen LogP contribution is 2.03. The first-order chi connectivity index (χ1) is 5.83. The van der Waals surface area contributed by atoms with E-state index < -0.39 is 0 Å². The molecule has 0 radical (unpaired) electrons. The third-order valence-corrected chi connectivity index (χ3v) is 1.87. The van der Waals surface area contributed by atoms with Crippen LogP contribution < -0.4 is 5.43 Å². The lowest BCUT2D eigenvalue weighted by molar-refractivity contribution is 0.778. The van der Waals surface area contributed by atoms with Crippen LogP contribution in [0, 0.1) is 0 Å². The van der Waals surface area contributed by atoms with Gasteiger partial charge in [-0.3, -0.25) is 4.79 Å². The topological polar surface area (TPSA) is 50.7 Å². The first-order valence-corrected chi connectivity index (χ1v) is 3.85. The zero-order valence-electron chi connectivity index (χ0n) is 6.74. The third-order valence-electron chi connectivity index (χ3n) is 1.87. The molecule has 0 atom stereocenters.